The number of benzene rings is 1. The topological polar surface area (TPSA) is 29.3 Å². The van der Waals surface area contributed by atoms with E-state index in [4.69, 9.17) is 4.42 Å². The molecule has 0 spiro atoms. The van der Waals surface area contributed by atoms with Gasteiger partial charge in [-0.1, -0.05) is 13.8 Å². The van der Waals surface area contributed by atoms with Gasteiger partial charge in [0.15, 0.2) is 0 Å². The predicted molar refractivity (Wildman–Crippen MR) is 68.5 cm³/mol. The van der Waals surface area contributed by atoms with Crippen molar-refractivity contribution in [2.24, 2.45) is 0 Å². The first-order chi connectivity index (χ1) is 8.72. The number of oxazole rings is 1. The number of hydrogen-bond donors (Lipinski definition) is 0. The smallest absolute Gasteiger partial charge is 0.226 e. The summed E-state index contributed by atoms with van der Waals surface area (Å²) in [6, 6.07) is 6.15. The van der Waals surface area contributed by atoms with Gasteiger partial charge in [0.1, 0.15) is 12.1 Å². The SMILES string of the molecule is CCN(CC)Cc1coc(-c2ccc(F)cc2)n1. The highest BCUT2D eigenvalue weighted by atomic mass is 19.1. The van der Waals surface area contributed by atoms with Crippen molar-refractivity contribution in [3.63, 3.8) is 0 Å². The van der Waals surface area contributed by atoms with E-state index in [0.29, 0.717) is 5.89 Å². The Bertz CT molecular complexity index is 489. The van der Waals surface area contributed by atoms with Crippen molar-refractivity contribution in [1.29, 1.82) is 0 Å². The molecule has 0 amide bonds. The molecule has 3 nitrogen and oxygen atoms in total. The second kappa shape index (κ2) is 5.78. The summed E-state index contributed by atoms with van der Waals surface area (Å²) in [5.74, 6) is 0.283. The Kier molecular flexibility index (Phi) is 4.10. The Morgan fingerprint density at radius 3 is 2.44 bits per heavy atom. The van der Waals surface area contributed by atoms with Crippen LogP contribution in [0.25, 0.3) is 11.5 Å². The Morgan fingerprint density at radius 1 is 1.17 bits per heavy atom. The van der Waals surface area contributed by atoms with E-state index < -0.39 is 0 Å². The molecule has 0 aliphatic heterocycles. The van der Waals surface area contributed by atoms with E-state index >= 15 is 0 Å². The molecular weight excluding hydrogens is 231 g/mol. The van der Waals surface area contributed by atoms with Gasteiger partial charge in [0.05, 0.1) is 5.69 Å². The minimum absolute atomic E-state index is 0.256. The Balaban J connectivity index is 2.12. The summed E-state index contributed by atoms with van der Waals surface area (Å²) in [5, 5.41) is 0. The first-order valence-electron chi connectivity index (χ1n) is 6.15. The van der Waals surface area contributed by atoms with Gasteiger partial charge in [-0.15, -0.1) is 0 Å². The number of hydrogen-bond acceptors (Lipinski definition) is 3. The van der Waals surface area contributed by atoms with Crippen LogP contribution in [0.1, 0.15) is 19.5 Å². The molecule has 0 aliphatic carbocycles. The second-order valence-electron chi connectivity index (χ2n) is 4.11. The van der Waals surface area contributed by atoms with Gasteiger partial charge in [0.25, 0.3) is 0 Å². The van der Waals surface area contributed by atoms with E-state index in [-0.39, 0.29) is 5.82 Å². The first-order valence-corrected chi connectivity index (χ1v) is 6.15. The van der Waals surface area contributed by atoms with Crippen molar-refractivity contribution in [2.75, 3.05) is 13.1 Å². The maximum absolute atomic E-state index is 12.8. The maximum Gasteiger partial charge on any atom is 0.226 e. The lowest BCUT2D eigenvalue weighted by Crippen LogP contribution is -2.22. The van der Waals surface area contributed by atoms with E-state index in [1.165, 1.54) is 12.1 Å². The largest absolute Gasteiger partial charge is 0.444 e. The van der Waals surface area contributed by atoms with Gasteiger partial charge in [0.2, 0.25) is 5.89 Å². The van der Waals surface area contributed by atoms with Crippen molar-refractivity contribution < 1.29 is 8.81 Å². The van der Waals surface area contributed by atoms with Crippen LogP contribution in [-0.4, -0.2) is 23.0 Å². The molecular formula is C14H17FN2O. The van der Waals surface area contributed by atoms with Crippen LogP contribution in [0.5, 0.6) is 0 Å². The first kappa shape index (κ1) is 12.8. The van der Waals surface area contributed by atoms with E-state index in [0.717, 1.165) is 30.9 Å². The molecule has 96 valence electrons. The Morgan fingerprint density at radius 2 is 1.83 bits per heavy atom. The number of nitrogens with zero attached hydrogens (tertiary/aromatic N) is 2. The zero-order valence-corrected chi connectivity index (χ0v) is 10.7. The third-order valence-electron chi connectivity index (χ3n) is 2.92. The summed E-state index contributed by atoms with van der Waals surface area (Å²) >= 11 is 0. The van der Waals surface area contributed by atoms with E-state index in [1.54, 1.807) is 18.4 Å². The third kappa shape index (κ3) is 2.96. The van der Waals surface area contributed by atoms with Gasteiger partial charge in [-0.2, -0.15) is 0 Å². The average Bonchev–Trinajstić information content (AvgIpc) is 2.85. The molecule has 4 heteroatoms. The molecule has 0 saturated carbocycles. The molecule has 0 atom stereocenters. The van der Waals surface area contributed by atoms with Gasteiger partial charge < -0.3 is 4.42 Å². The van der Waals surface area contributed by atoms with Crippen LogP contribution in [0.2, 0.25) is 0 Å². The summed E-state index contributed by atoms with van der Waals surface area (Å²) < 4.78 is 18.2. The molecule has 0 bridgehead atoms. The lowest BCUT2D eigenvalue weighted by Gasteiger charge is -2.15. The van der Waals surface area contributed by atoms with Gasteiger partial charge in [-0.3, -0.25) is 4.90 Å². The maximum atomic E-state index is 12.8. The zero-order valence-electron chi connectivity index (χ0n) is 10.7. The minimum Gasteiger partial charge on any atom is -0.444 e. The fourth-order valence-electron chi connectivity index (χ4n) is 1.78. The molecule has 1 aromatic heterocycles. The molecule has 0 fully saturated rings. The van der Waals surface area contributed by atoms with E-state index in [9.17, 15) is 4.39 Å². The van der Waals surface area contributed by atoms with Gasteiger partial charge in [0, 0.05) is 12.1 Å². The van der Waals surface area contributed by atoms with Crippen LogP contribution in [0, 0.1) is 5.82 Å². The van der Waals surface area contributed by atoms with Crippen LogP contribution < -0.4 is 0 Å². The summed E-state index contributed by atoms with van der Waals surface area (Å²) in [5.41, 5.74) is 1.69. The molecule has 1 aromatic carbocycles. The highest BCUT2D eigenvalue weighted by molar-refractivity contribution is 5.52. The van der Waals surface area contributed by atoms with Gasteiger partial charge in [-0.05, 0) is 37.4 Å². The molecule has 18 heavy (non-hydrogen) atoms. The number of halogens is 1. The van der Waals surface area contributed by atoms with Gasteiger partial charge in [-0.25, -0.2) is 9.37 Å². The van der Waals surface area contributed by atoms with Crippen molar-refractivity contribution >= 4 is 0 Å². The average molecular weight is 248 g/mol. The van der Waals surface area contributed by atoms with Crippen LogP contribution in [-0.2, 0) is 6.54 Å². The fraction of sp³-hybridized carbons (Fsp3) is 0.357. The lowest BCUT2D eigenvalue weighted by atomic mass is 10.2. The second-order valence-corrected chi connectivity index (χ2v) is 4.11. The standard InChI is InChI=1S/C14H17FN2O/c1-3-17(4-2)9-13-10-18-14(16-13)11-5-7-12(15)8-6-11/h5-8,10H,3-4,9H2,1-2H3. The summed E-state index contributed by atoms with van der Waals surface area (Å²) in [7, 11) is 0. The lowest BCUT2D eigenvalue weighted by molar-refractivity contribution is 0.292. The van der Waals surface area contributed by atoms with E-state index in [2.05, 4.69) is 23.7 Å². The quantitative estimate of drug-likeness (QED) is 0.812. The Hall–Kier alpha value is -1.68. The normalized spacial score (nSPS) is 11.1. The van der Waals surface area contributed by atoms with Crippen molar-refractivity contribution in [2.45, 2.75) is 20.4 Å². The van der Waals surface area contributed by atoms with Crippen molar-refractivity contribution in [1.82, 2.24) is 9.88 Å². The summed E-state index contributed by atoms with van der Waals surface area (Å²) in [6.45, 7) is 6.97. The highest BCUT2D eigenvalue weighted by Crippen LogP contribution is 2.19. The Labute approximate surface area is 106 Å². The molecule has 2 aromatic rings. The van der Waals surface area contributed by atoms with Crippen LogP contribution in [0.3, 0.4) is 0 Å². The van der Waals surface area contributed by atoms with Gasteiger partial charge >= 0.3 is 0 Å². The van der Waals surface area contributed by atoms with Crippen LogP contribution in [0.4, 0.5) is 4.39 Å². The molecule has 2 rings (SSSR count). The molecule has 1 heterocycles. The molecule has 0 N–H and O–H groups in total. The highest BCUT2D eigenvalue weighted by Gasteiger charge is 2.09. The molecule has 0 radical (unpaired) electrons. The zero-order chi connectivity index (χ0) is 13.0. The fourth-order valence-corrected chi connectivity index (χ4v) is 1.78. The van der Waals surface area contributed by atoms with E-state index in [1.807, 2.05) is 0 Å². The monoisotopic (exact) mass is 248 g/mol. The molecule has 0 aliphatic rings. The summed E-state index contributed by atoms with van der Waals surface area (Å²) in [4.78, 5) is 6.67. The number of rotatable bonds is 5. The summed E-state index contributed by atoms with van der Waals surface area (Å²) in [6.07, 6.45) is 1.66. The molecule has 0 saturated heterocycles. The predicted octanol–water partition coefficient (Wildman–Crippen LogP) is 3.32. The number of aromatic nitrogens is 1. The minimum atomic E-state index is -0.256. The van der Waals surface area contributed by atoms with Crippen LogP contribution >= 0.6 is 0 Å². The van der Waals surface area contributed by atoms with Crippen molar-refractivity contribution in [3.8, 4) is 11.5 Å². The third-order valence-corrected chi connectivity index (χ3v) is 2.92. The van der Waals surface area contributed by atoms with Crippen LogP contribution in [0.15, 0.2) is 34.9 Å². The molecule has 0 unspecified atom stereocenters. The van der Waals surface area contributed by atoms with Crippen molar-refractivity contribution in [3.05, 3.63) is 42.0 Å².